The van der Waals surface area contributed by atoms with Crippen molar-refractivity contribution in [2.45, 2.75) is 127 Å². The molecule has 4 aliphatic rings. The maximum atomic E-state index is 18.1. The average molecular weight is 1190 g/mol. The van der Waals surface area contributed by atoms with Gasteiger partial charge in [0.15, 0.2) is 0 Å². The Kier molecular flexibility index (Phi) is 14.8. The number of rotatable bonds is 14. The molecule has 2 saturated carbocycles. The molecule has 4 atom stereocenters. The van der Waals surface area contributed by atoms with Gasteiger partial charge in [0.05, 0.1) is 39.1 Å². The van der Waals surface area contributed by atoms with Gasteiger partial charge >= 0.3 is 35.8 Å². The van der Waals surface area contributed by atoms with Crippen molar-refractivity contribution in [2.75, 3.05) is 26.2 Å². The van der Waals surface area contributed by atoms with Crippen molar-refractivity contribution in [1.82, 2.24) is 57.3 Å². The van der Waals surface area contributed by atoms with Crippen molar-refractivity contribution in [3.63, 3.8) is 0 Å². The lowest BCUT2D eigenvalue weighted by Crippen LogP contribution is -2.34. The van der Waals surface area contributed by atoms with Crippen molar-refractivity contribution in [2.24, 2.45) is 37.8 Å². The van der Waals surface area contributed by atoms with E-state index in [1.54, 1.807) is 11.6 Å². The largest absolute Gasteiger partial charge is 0.418 e. The number of aromatic nitrogens is 10. The third-order valence-electron chi connectivity index (χ3n) is 18.1. The molecule has 0 amide bonds. The smallest absolute Gasteiger partial charge is 0.320 e. The first-order valence-electron chi connectivity index (χ1n) is 28.8. The van der Waals surface area contributed by atoms with Crippen LogP contribution in [0, 0.1) is 23.7 Å². The Morgan fingerprint density at radius 3 is 1.42 bits per heavy atom. The van der Waals surface area contributed by atoms with Gasteiger partial charge in [-0.25, -0.2) is 9.59 Å². The van der Waals surface area contributed by atoms with Gasteiger partial charge in [0, 0.05) is 82.5 Å². The molecule has 14 nitrogen and oxygen atoms in total. The van der Waals surface area contributed by atoms with Crippen LogP contribution in [-0.2, 0) is 51.6 Å². The highest BCUT2D eigenvalue weighted by Crippen LogP contribution is 2.48. The molecule has 25 heteroatoms. The summed E-state index contributed by atoms with van der Waals surface area (Å²) >= 11 is 0. The minimum absolute atomic E-state index is 0.100. The minimum atomic E-state index is -5.06. The van der Waals surface area contributed by atoms with Crippen molar-refractivity contribution in [1.29, 1.82) is 0 Å². The van der Waals surface area contributed by atoms with Crippen LogP contribution in [0.5, 0.6) is 0 Å². The van der Waals surface area contributed by atoms with Gasteiger partial charge in [-0.15, -0.1) is 20.4 Å². The zero-order valence-electron chi connectivity index (χ0n) is 47.1. The molecule has 0 spiro atoms. The Labute approximate surface area is 480 Å². The van der Waals surface area contributed by atoms with Crippen LogP contribution in [0.15, 0.2) is 89.2 Å². The number of pyridine rings is 2. The third-order valence-corrected chi connectivity index (χ3v) is 18.1. The quantitative estimate of drug-likeness (QED) is 0.0987. The summed E-state index contributed by atoms with van der Waals surface area (Å²) in [6.07, 6.45) is -1.78. The first-order valence-corrected chi connectivity index (χ1v) is 28.8. The fourth-order valence-electron chi connectivity index (χ4n) is 13.5. The molecule has 0 bridgehead atoms. The van der Waals surface area contributed by atoms with Crippen molar-refractivity contribution < 1.29 is 48.3 Å². The predicted octanol–water partition coefficient (Wildman–Crippen LogP) is 12.3. The Morgan fingerprint density at radius 2 is 1.00 bits per heavy atom. The number of fused-ring (bicyclic) bond motifs is 2. The topological polar surface area (TPSA) is 121 Å². The van der Waals surface area contributed by atoms with Gasteiger partial charge in [-0.3, -0.25) is 27.7 Å². The molecule has 0 radical (unpaired) electrons. The van der Waals surface area contributed by atoms with Crippen LogP contribution in [0.25, 0.3) is 22.4 Å². The van der Waals surface area contributed by atoms with Gasteiger partial charge in [0.2, 0.25) is 5.82 Å². The van der Waals surface area contributed by atoms with E-state index in [4.69, 9.17) is 0 Å². The number of hydrogen-bond donors (Lipinski definition) is 0. The van der Waals surface area contributed by atoms with Gasteiger partial charge in [0.1, 0.15) is 18.0 Å². The number of halogens is 11. The molecular weight excluding hydrogens is 1130 g/mol. The predicted molar refractivity (Wildman–Crippen MR) is 292 cm³/mol. The van der Waals surface area contributed by atoms with E-state index in [1.807, 2.05) is 16.7 Å². The van der Waals surface area contributed by atoms with Crippen molar-refractivity contribution in [3.05, 3.63) is 163 Å². The van der Waals surface area contributed by atoms with Crippen LogP contribution in [0.4, 0.5) is 48.3 Å². The normalized spacial score (nSPS) is 19.9. The lowest BCUT2D eigenvalue weighted by Gasteiger charge is -2.34. The second-order valence-corrected chi connectivity index (χ2v) is 24.3. The summed E-state index contributed by atoms with van der Waals surface area (Å²) in [7, 11) is 2.92. The van der Waals surface area contributed by atoms with E-state index in [0.717, 1.165) is 91.3 Å². The van der Waals surface area contributed by atoms with Crippen LogP contribution in [0.2, 0.25) is 0 Å². The lowest BCUT2D eigenvalue weighted by molar-refractivity contribution is -0.138. The average Bonchev–Trinajstić information content (AvgIpc) is 2.15. The number of hydrogen-bond acceptors (Lipinski definition) is 8. The zero-order valence-corrected chi connectivity index (χ0v) is 47.1. The Balaban J connectivity index is 0.975. The fraction of sp³-hybridized carbons (Fsp3) is 0.500. The molecule has 8 aromatic rings. The molecule has 2 aliphatic heterocycles. The van der Waals surface area contributed by atoms with E-state index >= 15 is 35.1 Å². The molecule has 0 N–H and O–H groups in total. The highest BCUT2D eigenvalue weighted by atomic mass is 19.4. The Morgan fingerprint density at radius 1 is 0.529 bits per heavy atom. The molecule has 452 valence electrons. The second kappa shape index (κ2) is 21.7. The monoisotopic (exact) mass is 1190 g/mol. The number of benzene rings is 2. The summed E-state index contributed by atoms with van der Waals surface area (Å²) in [5.74, 6) is -6.73. The number of alkyl halides is 11. The summed E-state index contributed by atoms with van der Waals surface area (Å²) in [5.41, 5.74) is -7.39. The van der Waals surface area contributed by atoms with Crippen LogP contribution in [0.1, 0.15) is 152 Å². The summed E-state index contributed by atoms with van der Waals surface area (Å²) in [5, 5.41) is 16.7. The lowest BCUT2D eigenvalue weighted by atomic mass is 9.72. The van der Waals surface area contributed by atoms with Crippen molar-refractivity contribution >= 4 is 11.0 Å². The molecule has 8 heterocycles. The Bertz CT molecular complexity index is 3950. The van der Waals surface area contributed by atoms with Gasteiger partial charge in [0.25, 0.3) is 0 Å². The van der Waals surface area contributed by atoms with Crippen molar-refractivity contribution in [3.8, 4) is 11.4 Å². The van der Waals surface area contributed by atoms with Gasteiger partial charge < -0.3 is 9.13 Å². The maximum Gasteiger partial charge on any atom is 0.418 e. The molecule has 2 aliphatic carbocycles. The second-order valence-electron chi connectivity index (χ2n) is 24.3. The van der Waals surface area contributed by atoms with Crippen LogP contribution < -0.4 is 11.4 Å². The molecule has 12 rings (SSSR count). The fourth-order valence-corrected chi connectivity index (χ4v) is 13.5. The SMILES string of the molecule is C[C@H]1CCCN(Cc2cc(C(F)(F)F)c3cn(-c4cc([C@H](c5nnc(C(F)(F)c6cc([C@@H](c7nncn7C)C7CCC7)cc(-n7cc8c(C(F)(F)F)cc(CN9CCC[C@H](C)C9)cn8c7=O)c6)n5C)C5CCC5)cc(C(F)(F)F)c4)c(=O)n3c2)C1. The Hall–Kier alpha value is -7.15. The van der Waals surface area contributed by atoms with E-state index in [1.165, 1.54) is 44.0 Å². The first-order chi connectivity index (χ1) is 40.2. The van der Waals surface area contributed by atoms with E-state index in [0.29, 0.717) is 82.0 Å². The van der Waals surface area contributed by atoms with Gasteiger partial charge in [-0.05, 0) is 159 Å². The summed E-state index contributed by atoms with van der Waals surface area (Å²) in [4.78, 5) is 33.0. The van der Waals surface area contributed by atoms with E-state index in [-0.39, 0.29) is 52.8 Å². The number of piperidine rings is 2. The molecule has 2 aromatic carbocycles. The maximum absolute atomic E-state index is 18.1. The summed E-state index contributed by atoms with van der Waals surface area (Å²) < 4.78 is 177. The molecular formula is C60H63F11N12O2. The first kappa shape index (κ1) is 58.2. The summed E-state index contributed by atoms with van der Waals surface area (Å²) in [6.45, 7) is 6.90. The standard InChI is InChI=1S/C60H63F11N12O2/c1-34-9-7-15-78(25-34)27-36-17-46(59(66,67)68)48-31-80(55(84)82(48)29-36)44-21-40(50(38-11-5-12-38)52-73-72-33-76(52)3)19-42(23-44)57(61,62)54-75-74-53(77(54)4)51(39-13-6-14-39)41-20-43(58(63,64)65)24-45(22-41)81-32-49-47(60(69,70)71)18-37(30-83(49)56(81)85)28-79-16-8-10-35(2)26-79/h17-24,29-35,38-39,50-51H,5-16,25-28H2,1-4H3/t34-,35-,50-,51+/m0/s1. The molecule has 6 aromatic heterocycles. The molecule has 0 unspecified atom stereocenters. The third kappa shape index (κ3) is 11.0. The van der Waals surface area contributed by atoms with E-state index in [9.17, 15) is 22.8 Å². The summed E-state index contributed by atoms with van der Waals surface area (Å²) in [6, 6.07) is 8.40. The van der Waals surface area contributed by atoms with Crippen LogP contribution in [0.3, 0.4) is 0 Å². The van der Waals surface area contributed by atoms with E-state index in [2.05, 4.69) is 27.3 Å². The molecule has 2 saturated heterocycles. The van der Waals surface area contributed by atoms with Crippen LogP contribution >= 0.6 is 0 Å². The number of nitrogens with zero attached hydrogens (tertiary/aromatic N) is 12. The number of aryl methyl sites for hydroxylation is 1. The van der Waals surface area contributed by atoms with Gasteiger partial charge in [-0.1, -0.05) is 26.7 Å². The molecule has 85 heavy (non-hydrogen) atoms. The van der Waals surface area contributed by atoms with E-state index < -0.39 is 98.4 Å². The highest BCUT2D eigenvalue weighted by Gasteiger charge is 2.45. The molecule has 4 fully saturated rings. The zero-order chi connectivity index (χ0) is 60.2. The van der Waals surface area contributed by atoms with Crippen LogP contribution in [-0.4, -0.2) is 83.4 Å². The highest BCUT2D eigenvalue weighted by molar-refractivity contribution is 5.60. The number of imidazole rings is 2. The van der Waals surface area contributed by atoms with Gasteiger partial charge in [-0.2, -0.15) is 48.3 Å². The minimum Gasteiger partial charge on any atom is -0.320 e. The number of likely N-dealkylation sites (tertiary alicyclic amines) is 2.